The zero-order valence-corrected chi connectivity index (χ0v) is 10.8. The Morgan fingerprint density at radius 3 is 2.81 bits per heavy atom. The maximum atomic E-state index is 13.0. The van der Waals surface area contributed by atoms with Gasteiger partial charge in [-0.05, 0) is 19.3 Å². The van der Waals surface area contributed by atoms with Crippen LogP contribution in [0.4, 0.5) is 13.2 Å². The minimum atomic E-state index is -4.47. The van der Waals surface area contributed by atoms with E-state index in [4.69, 9.17) is 10.8 Å². The predicted octanol–water partition coefficient (Wildman–Crippen LogP) is 0.694. The third-order valence-corrected chi connectivity index (χ3v) is 3.66. The van der Waals surface area contributed by atoms with Crippen molar-refractivity contribution in [3.05, 3.63) is 16.4 Å². The number of aromatic nitrogens is 2. The number of carboxylic acids is 1. The molecule has 0 saturated carbocycles. The number of fused-ring (bicyclic) bond motifs is 1. The normalized spacial score (nSPS) is 23.0. The molecule has 0 fully saturated rings. The lowest BCUT2D eigenvalue weighted by Crippen LogP contribution is -2.33. The van der Waals surface area contributed by atoms with Gasteiger partial charge in [0.1, 0.15) is 6.04 Å². The van der Waals surface area contributed by atoms with Crippen LogP contribution in [0.25, 0.3) is 0 Å². The van der Waals surface area contributed by atoms with Crippen molar-refractivity contribution in [3.63, 3.8) is 0 Å². The molecule has 3 unspecified atom stereocenters. The Kier molecular flexibility index (Phi) is 4.08. The number of aliphatic carboxylic acids is 1. The highest BCUT2D eigenvalue weighted by Crippen LogP contribution is 2.43. The predicted molar refractivity (Wildman–Crippen MR) is 62.5 cm³/mol. The first-order valence-corrected chi connectivity index (χ1v) is 6.34. The summed E-state index contributed by atoms with van der Waals surface area (Å²) in [5.41, 5.74) is 5.31. The number of nitrogens with two attached hydrogens (primary N) is 1. The quantitative estimate of drug-likeness (QED) is 0.828. The van der Waals surface area contributed by atoms with E-state index in [1.54, 1.807) is 0 Å². The molecular weight excluding hydrogens is 295 g/mol. The van der Waals surface area contributed by atoms with Crippen molar-refractivity contribution in [1.82, 2.24) is 9.72 Å². The van der Waals surface area contributed by atoms with E-state index in [0.717, 1.165) is 4.57 Å². The fraction of sp³-hybridized carbons (Fsp3) is 0.727. The number of nitrogens with zero attached hydrogens (tertiary/aromatic N) is 2. The number of halogens is 3. The average Bonchev–Trinajstić information content (AvgIpc) is 2.90. The summed E-state index contributed by atoms with van der Waals surface area (Å²) in [6, 6.07) is -2.26. The SMILES string of the molecule is NC(CCCC1C(C(F)(F)F)Cc2noc(=O)n21)C(=O)O. The van der Waals surface area contributed by atoms with E-state index in [2.05, 4.69) is 9.68 Å². The average molecular weight is 309 g/mol. The molecule has 1 aromatic heterocycles. The second-order valence-electron chi connectivity index (χ2n) is 5.03. The van der Waals surface area contributed by atoms with Crippen molar-refractivity contribution in [3.8, 4) is 0 Å². The van der Waals surface area contributed by atoms with E-state index in [1.807, 2.05) is 0 Å². The largest absolute Gasteiger partial charge is 0.480 e. The molecule has 0 aliphatic carbocycles. The molecule has 1 aliphatic heterocycles. The molecule has 7 nitrogen and oxygen atoms in total. The Morgan fingerprint density at radius 2 is 2.24 bits per heavy atom. The van der Waals surface area contributed by atoms with E-state index in [1.165, 1.54) is 0 Å². The van der Waals surface area contributed by atoms with E-state index in [-0.39, 0.29) is 25.1 Å². The molecule has 21 heavy (non-hydrogen) atoms. The van der Waals surface area contributed by atoms with Crippen LogP contribution >= 0.6 is 0 Å². The Bertz CT molecular complexity index is 580. The van der Waals surface area contributed by atoms with Crippen LogP contribution < -0.4 is 11.5 Å². The van der Waals surface area contributed by atoms with Crippen LogP contribution in [-0.4, -0.2) is 33.0 Å². The number of alkyl halides is 3. The standard InChI is InChI=1S/C11H14F3N3O4/c12-11(13,14)5-4-8-16-21-10(20)17(8)7(5)3-1-2-6(15)9(18)19/h5-7H,1-4,15H2,(H,18,19). The molecule has 118 valence electrons. The molecule has 0 spiro atoms. The van der Waals surface area contributed by atoms with Gasteiger partial charge in [0.2, 0.25) is 0 Å². The summed E-state index contributed by atoms with van der Waals surface area (Å²) in [6.07, 6.45) is -4.70. The van der Waals surface area contributed by atoms with Gasteiger partial charge in [-0.2, -0.15) is 13.2 Å². The highest BCUT2D eigenvalue weighted by atomic mass is 19.4. The monoisotopic (exact) mass is 309 g/mol. The summed E-state index contributed by atoms with van der Waals surface area (Å²) in [5.74, 6) is -3.89. The van der Waals surface area contributed by atoms with Crippen molar-refractivity contribution < 1.29 is 27.6 Å². The van der Waals surface area contributed by atoms with Crippen molar-refractivity contribution in [1.29, 1.82) is 0 Å². The summed E-state index contributed by atoms with van der Waals surface area (Å²) < 4.78 is 44.3. The summed E-state index contributed by atoms with van der Waals surface area (Å²) >= 11 is 0. The molecule has 0 saturated heterocycles. The van der Waals surface area contributed by atoms with Gasteiger partial charge in [-0.25, -0.2) is 4.79 Å². The molecule has 3 N–H and O–H groups in total. The molecule has 0 aromatic carbocycles. The second-order valence-corrected chi connectivity index (χ2v) is 5.03. The third-order valence-electron chi connectivity index (χ3n) is 3.66. The lowest BCUT2D eigenvalue weighted by atomic mass is 9.94. The maximum Gasteiger partial charge on any atom is 0.441 e. The van der Waals surface area contributed by atoms with E-state index >= 15 is 0 Å². The molecule has 2 rings (SSSR count). The van der Waals surface area contributed by atoms with Crippen molar-refractivity contribution in [2.45, 2.75) is 43.9 Å². The fourth-order valence-corrected chi connectivity index (χ4v) is 2.59. The van der Waals surface area contributed by atoms with Crippen molar-refractivity contribution in [2.24, 2.45) is 11.7 Å². The van der Waals surface area contributed by atoms with Gasteiger partial charge < -0.3 is 10.8 Å². The lowest BCUT2D eigenvalue weighted by Gasteiger charge is -2.22. The Hall–Kier alpha value is -1.84. The minimum Gasteiger partial charge on any atom is -0.480 e. The molecule has 1 aromatic rings. The molecule has 1 aliphatic rings. The van der Waals surface area contributed by atoms with Crippen molar-refractivity contribution >= 4 is 5.97 Å². The van der Waals surface area contributed by atoms with Gasteiger partial charge in [0.15, 0.2) is 5.82 Å². The molecule has 10 heteroatoms. The fourth-order valence-electron chi connectivity index (χ4n) is 2.59. The topological polar surface area (TPSA) is 111 Å². The Labute approximate surface area is 116 Å². The highest BCUT2D eigenvalue weighted by Gasteiger charge is 2.51. The Morgan fingerprint density at radius 1 is 1.57 bits per heavy atom. The Balaban J connectivity index is 2.11. The molecule has 3 atom stereocenters. The van der Waals surface area contributed by atoms with Gasteiger partial charge in [-0.3, -0.25) is 13.9 Å². The lowest BCUT2D eigenvalue weighted by molar-refractivity contribution is -0.182. The highest BCUT2D eigenvalue weighted by molar-refractivity contribution is 5.72. The smallest absolute Gasteiger partial charge is 0.441 e. The van der Waals surface area contributed by atoms with Gasteiger partial charge in [0.25, 0.3) is 0 Å². The molecule has 0 amide bonds. The summed E-state index contributed by atoms with van der Waals surface area (Å²) in [7, 11) is 0. The van der Waals surface area contributed by atoms with Crippen molar-refractivity contribution in [2.75, 3.05) is 0 Å². The summed E-state index contributed by atoms with van der Waals surface area (Å²) in [5, 5.41) is 12.0. The van der Waals surface area contributed by atoms with Gasteiger partial charge in [0, 0.05) is 6.42 Å². The third kappa shape index (κ3) is 3.09. The second kappa shape index (κ2) is 5.51. The van der Waals surface area contributed by atoms with Crippen LogP contribution in [0.5, 0.6) is 0 Å². The molecule has 0 radical (unpaired) electrons. The number of carboxylic acid groups (broad SMARTS) is 1. The van der Waals surface area contributed by atoms with Crippen LogP contribution in [0, 0.1) is 5.92 Å². The molecule has 2 heterocycles. The van der Waals surface area contributed by atoms with Gasteiger partial charge in [0.05, 0.1) is 12.0 Å². The summed E-state index contributed by atoms with van der Waals surface area (Å²) in [6.45, 7) is 0. The number of rotatable bonds is 5. The van der Waals surface area contributed by atoms with E-state index in [9.17, 15) is 22.8 Å². The maximum absolute atomic E-state index is 13.0. The van der Waals surface area contributed by atoms with Crippen LogP contribution in [-0.2, 0) is 11.2 Å². The first-order valence-electron chi connectivity index (χ1n) is 6.34. The van der Waals surface area contributed by atoms with Gasteiger partial charge in [-0.1, -0.05) is 5.16 Å². The van der Waals surface area contributed by atoms with E-state index in [0.29, 0.717) is 0 Å². The summed E-state index contributed by atoms with van der Waals surface area (Å²) in [4.78, 5) is 22.0. The van der Waals surface area contributed by atoms with Crippen LogP contribution in [0.3, 0.4) is 0 Å². The van der Waals surface area contributed by atoms with Gasteiger partial charge in [-0.15, -0.1) is 0 Å². The van der Waals surface area contributed by atoms with Crippen LogP contribution in [0.15, 0.2) is 9.32 Å². The van der Waals surface area contributed by atoms with Gasteiger partial charge >= 0.3 is 17.9 Å². The van der Waals surface area contributed by atoms with Crippen LogP contribution in [0.1, 0.15) is 31.1 Å². The number of hydrogen-bond donors (Lipinski definition) is 2. The van der Waals surface area contributed by atoms with E-state index < -0.39 is 42.3 Å². The first kappa shape index (κ1) is 15.5. The number of hydrogen-bond acceptors (Lipinski definition) is 5. The first-order chi connectivity index (χ1) is 9.71. The minimum absolute atomic E-state index is 0.0146. The molecule has 0 bridgehead atoms. The van der Waals surface area contributed by atoms with Crippen LogP contribution in [0.2, 0.25) is 0 Å². The number of carbonyl (C=O) groups is 1. The zero-order chi connectivity index (χ0) is 15.8. The zero-order valence-electron chi connectivity index (χ0n) is 10.8. The molecular formula is C11H14F3N3O4.